The van der Waals surface area contributed by atoms with Gasteiger partial charge in [0.15, 0.2) is 13.6 Å². The Morgan fingerprint density at radius 1 is 1.35 bits per heavy atom. The Kier molecular flexibility index (Phi) is 3.24. The van der Waals surface area contributed by atoms with E-state index in [-0.39, 0.29) is 11.6 Å². The number of benzene rings is 1. The van der Waals surface area contributed by atoms with Crippen LogP contribution in [0.25, 0.3) is 11.0 Å². The zero-order valence-corrected chi connectivity index (χ0v) is 12.6. The lowest BCUT2D eigenvalue weighted by atomic mass is 10.1. The van der Waals surface area contributed by atoms with Gasteiger partial charge in [0.2, 0.25) is 0 Å². The Hall–Kier alpha value is -2.52. The quantitative estimate of drug-likeness (QED) is 0.473. The molecule has 6 heteroatoms. The van der Waals surface area contributed by atoms with Gasteiger partial charge in [-0.1, -0.05) is 5.92 Å². The van der Waals surface area contributed by atoms with Crippen LogP contribution >= 0.6 is 0 Å². The molecule has 112 valence electrons. The topological polar surface area (TPSA) is 34.2 Å². The van der Waals surface area contributed by atoms with Crippen LogP contribution in [0.2, 0.25) is 0 Å². The molecule has 1 aliphatic heterocycles. The first kappa shape index (κ1) is 14.1. The second kappa shape index (κ2) is 5.29. The van der Waals surface area contributed by atoms with Crippen LogP contribution in [0, 0.1) is 17.7 Å². The second-order valence-electron chi connectivity index (χ2n) is 5.76. The van der Waals surface area contributed by atoms with Crippen molar-refractivity contribution in [1.82, 2.24) is 14.6 Å². The third kappa shape index (κ3) is 2.43. The summed E-state index contributed by atoms with van der Waals surface area (Å²) in [4.78, 5) is 1.75. The fraction of sp³-hybridized carbons (Fsp3) is 0.235. The van der Waals surface area contributed by atoms with Gasteiger partial charge in [-0.05, 0) is 37.1 Å². The lowest BCUT2D eigenvalue weighted by Gasteiger charge is -2.29. The van der Waals surface area contributed by atoms with Crippen LogP contribution in [0.5, 0.6) is 0 Å². The van der Waals surface area contributed by atoms with Gasteiger partial charge in [-0.2, -0.15) is 5.10 Å². The van der Waals surface area contributed by atoms with E-state index in [2.05, 4.69) is 23.9 Å². The largest absolute Gasteiger partial charge is 0.463 e. The average Bonchev–Trinajstić information content (AvgIpc) is 3.12. The summed E-state index contributed by atoms with van der Waals surface area (Å²) in [5.41, 5.74) is 2.33. The molecule has 1 unspecified atom stereocenters. The summed E-state index contributed by atoms with van der Waals surface area (Å²) in [7, 11) is 5.88. The van der Waals surface area contributed by atoms with Gasteiger partial charge in [-0.25, -0.2) is 4.39 Å². The van der Waals surface area contributed by atoms with Crippen LogP contribution in [0.1, 0.15) is 29.9 Å². The molecule has 1 aliphatic rings. The van der Waals surface area contributed by atoms with E-state index in [0.29, 0.717) is 17.8 Å². The molecule has 0 saturated heterocycles. The van der Waals surface area contributed by atoms with Crippen molar-refractivity contribution in [3.63, 3.8) is 0 Å². The maximum Gasteiger partial charge on any atom is 0.183 e. The van der Waals surface area contributed by atoms with Crippen molar-refractivity contribution in [3.8, 4) is 11.8 Å². The smallest absolute Gasteiger partial charge is 0.183 e. The number of aromatic nitrogens is 2. The molecule has 0 fully saturated rings. The third-order valence-corrected chi connectivity index (χ3v) is 3.98. The Bertz CT molecular complexity index is 950. The molecule has 2 aromatic heterocycles. The fourth-order valence-electron chi connectivity index (χ4n) is 2.93. The predicted octanol–water partition coefficient (Wildman–Crippen LogP) is 2.63. The number of hydrogen-bond donors (Lipinski definition) is 0. The number of rotatable bonds is 0. The van der Waals surface area contributed by atoms with Crippen LogP contribution in [-0.2, 0) is 6.54 Å². The van der Waals surface area contributed by atoms with E-state index in [4.69, 9.17) is 12.4 Å². The molecule has 0 amide bonds. The Labute approximate surface area is 134 Å². The van der Waals surface area contributed by atoms with Crippen molar-refractivity contribution < 1.29 is 8.81 Å². The molecule has 4 nitrogen and oxygen atoms in total. The van der Waals surface area contributed by atoms with E-state index in [1.54, 1.807) is 16.9 Å². The average molecular weight is 305 g/mol. The van der Waals surface area contributed by atoms with Crippen molar-refractivity contribution in [2.24, 2.45) is 0 Å². The van der Waals surface area contributed by atoms with Gasteiger partial charge >= 0.3 is 0 Å². The molecule has 3 heterocycles. The Balaban J connectivity index is 1.75. The minimum absolute atomic E-state index is 0.185. The zero-order valence-electron chi connectivity index (χ0n) is 12.6. The molecule has 0 N–H and O–H groups in total. The maximum atomic E-state index is 14.0. The Morgan fingerprint density at radius 3 is 3.09 bits per heavy atom. The highest BCUT2D eigenvalue weighted by Crippen LogP contribution is 2.23. The number of furan rings is 1. The van der Waals surface area contributed by atoms with Gasteiger partial charge in [-0.3, -0.25) is 4.68 Å². The fourth-order valence-corrected chi connectivity index (χ4v) is 2.93. The van der Waals surface area contributed by atoms with Crippen LogP contribution < -0.4 is 0 Å². The second-order valence-corrected chi connectivity index (χ2v) is 5.76. The Morgan fingerprint density at radius 2 is 2.22 bits per heavy atom. The SMILES string of the molecule is [B]N1Cc2cc(C#Cc3c(F)ccc4ccoc34)nn2C(C)C1. The lowest BCUT2D eigenvalue weighted by molar-refractivity contribution is 0.289. The molecular formula is C17H13BFN3O. The van der Waals surface area contributed by atoms with Crippen molar-refractivity contribution >= 4 is 19.0 Å². The van der Waals surface area contributed by atoms with E-state index in [0.717, 1.165) is 17.6 Å². The van der Waals surface area contributed by atoms with Crippen molar-refractivity contribution in [3.05, 3.63) is 53.3 Å². The molecule has 0 saturated carbocycles. The first-order chi connectivity index (χ1) is 11.1. The molecular weight excluding hydrogens is 292 g/mol. The molecule has 1 aromatic carbocycles. The molecule has 0 bridgehead atoms. The van der Waals surface area contributed by atoms with E-state index in [1.807, 2.05) is 10.7 Å². The molecule has 0 aliphatic carbocycles. The molecule has 3 aromatic rings. The monoisotopic (exact) mass is 305 g/mol. The van der Waals surface area contributed by atoms with E-state index in [9.17, 15) is 4.39 Å². The van der Waals surface area contributed by atoms with E-state index < -0.39 is 5.82 Å². The summed E-state index contributed by atoms with van der Waals surface area (Å²) in [6.07, 6.45) is 1.53. The number of nitrogens with zero attached hydrogens (tertiary/aromatic N) is 3. The van der Waals surface area contributed by atoms with Gasteiger partial charge < -0.3 is 9.23 Å². The zero-order chi connectivity index (χ0) is 16.0. The summed E-state index contributed by atoms with van der Waals surface area (Å²) in [5, 5.41) is 5.31. The maximum absolute atomic E-state index is 14.0. The van der Waals surface area contributed by atoms with E-state index >= 15 is 0 Å². The molecule has 2 radical (unpaired) electrons. The molecule has 4 rings (SSSR count). The molecule has 1 atom stereocenters. The van der Waals surface area contributed by atoms with Crippen molar-refractivity contribution in [2.45, 2.75) is 19.5 Å². The minimum atomic E-state index is -0.398. The van der Waals surface area contributed by atoms with Gasteiger partial charge in [0.1, 0.15) is 17.1 Å². The minimum Gasteiger partial charge on any atom is -0.463 e. The number of halogens is 1. The third-order valence-electron chi connectivity index (χ3n) is 3.98. The van der Waals surface area contributed by atoms with Crippen LogP contribution in [0.15, 0.2) is 34.9 Å². The number of hydrogen-bond acceptors (Lipinski definition) is 3. The van der Waals surface area contributed by atoms with Crippen LogP contribution in [0.3, 0.4) is 0 Å². The summed E-state index contributed by atoms with van der Waals surface area (Å²) in [6.45, 7) is 3.42. The number of fused-ring (bicyclic) bond motifs is 2. The first-order valence-electron chi connectivity index (χ1n) is 7.37. The van der Waals surface area contributed by atoms with Gasteiger partial charge in [0.05, 0.1) is 18.0 Å². The first-order valence-corrected chi connectivity index (χ1v) is 7.37. The van der Waals surface area contributed by atoms with Crippen molar-refractivity contribution in [1.29, 1.82) is 0 Å². The van der Waals surface area contributed by atoms with E-state index in [1.165, 1.54) is 12.3 Å². The highest BCUT2D eigenvalue weighted by atomic mass is 19.1. The highest BCUT2D eigenvalue weighted by molar-refractivity contribution is 6.04. The van der Waals surface area contributed by atoms with Gasteiger partial charge in [0, 0.05) is 18.5 Å². The predicted molar refractivity (Wildman–Crippen MR) is 85.3 cm³/mol. The summed E-state index contributed by atoms with van der Waals surface area (Å²) >= 11 is 0. The summed E-state index contributed by atoms with van der Waals surface area (Å²) < 4.78 is 21.3. The molecule has 0 spiro atoms. The molecule has 23 heavy (non-hydrogen) atoms. The lowest BCUT2D eigenvalue weighted by Crippen LogP contribution is -2.34. The highest BCUT2D eigenvalue weighted by Gasteiger charge is 2.20. The van der Waals surface area contributed by atoms with Gasteiger partial charge in [0.25, 0.3) is 0 Å². The van der Waals surface area contributed by atoms with Crippen LogP contribution in [-0.4, -0.2) is 29.1 Å². The summed E-state index contributed by atoms with van der Waals surface area (Å²) in [5.74, 6) is 5.39. The summed E-state index contributed by atoms with van der Waals surface area (Å²) in [6, 6.07) is 6.93. The van der Waals surface area contributed by atoms with Crippen LogP contribution in [0.4, 0.5) is 4.39 Å². The van der Waals surface area contributed by atoms with Crippen molar-refractivity contribution in [2.75, 3.05) is 6.54 Å². The normalized spacial score (nSPS) is 17.7. The van der Waals surface area contributed by atoms with Gasteiger partial charge in [-0.15, -0.1) is 0 Å². The standard InChI is InChI=1S/C17H13BFN3O/c1-11-9-21(18)10-14-8-13(20-22(11)14)3-4-15-16(19)5-2-12-6-7-23-17(12)15/h2,5-8,11H,9-10H2,1H3.